The van der Waals surface area contributed by atoms with Crippen molar-refractivity contribution in [2.24, 2.45) is 5.10 Å². The van der Waals surface area contributed by atoms with Gasteiger partial charge in [-0.2, -0.15) is 5.10 Å². The van der Waals surface area contributed by atoms with Crippen molar-refractivity contribution in [3.63, 3.8) is 0 Å². The number of aryl methyl sites for hydroxylation is 3. The smallest absolute Gasteiger partial charge is 0.273 e. The summed E-state index contributed by atoms with van der Waals surface area (Å²) in [5, 5.41) is 4.23. The Morgan fingerprint density at radius 1 is 1.08 bits per heavy atom. The maximum atomic E-state index is 12.1. The highest BCUT2D eigenvalue weighted by Crippen LogP contribution is 2.24. The van der Waals surface area contributed by atoms with Crippen LogP contribution >= 0.6 is 0 Å². The Hall–Kier alpha value is -2.62. The molecule has 1 aliphatic heterocycles. The van der Waals surface area contributed by atoms with Crippen molar-refractivity contribution in [1.29, 1.82) is 0 Å². The normalized spacial score (nSPS) is 18.4. The third kappa shape index (κ3) is 3.04. The number of carbonyl (C=O) groups is 1. The van der Waals surface area contributed by atoms with Gasteiger partial charge in [0.1, 0.15) is 0 Å². The second-order valence-electron chi connectivity index (χ2n) is 6.48. The molecule has 0 saturated heterocycles. The van der Waals surface area contributed by atoms with Crippen LogP contribution in [0.25, 0.3) is 6.08 Å². The highest BCUT2D eigenvalue weighted by Gasteiger charge is 2.23. The molecule has 0 radical (unpaired) electrons. The highest BCUT2D eigenvalue weighted by molar-refractivity contribution is 6.27. The molecule has 4 heteroatoms. The maximum Gasteiger partial charge on any atom is 0.273 e. The Kier molecular flexibility index (Phi) is 4.03. The SMILES string of the molecule is O=C1NN=C(CCc2ccccc2)C1=Cc1cc2c([nH]1)CCCC2. The van der Waals surface area contributed by atoms with E-state index in [1.54, 1.807) is 0 Å². The van der Waals surface area contributed by atoms with Gasteiger partial charge in [0, 0.05) is 11.4 Å². The van der Waals surface area contributed by atoms with E-state index in [-0.39, 0.29) is 5.91 Å². The van der Waals surface area contributed by atoms with Crippen LogP contribution in [0.1, 0.15) is 41.8 Å². The molecule has 2 aliphatic rings. The molecule has 2 heterocycles. The fraction of sp³-hybridized carbons (Fsp3) is 0.300. The first-order valence-electron chi connectivity index (χ1n) is 8.63. The van der Waals surface area contributed by atoms with Gasteiger partial charge in [-0.15, -0.1) is 0 Å². The predicted octanol–water partition coefficient (Wildman–Crippen LogP) is 3.40. The second-order valence-corrected chi connectivity index (χ2v) is 6.48. The zero-order valence-electron chi connectivity index (χ0n) is 13.6. The summed E-state index contributed by atoms with van der Waals surface area (Å²) < 4.78 is 0. The summed E-state index contributed by atoms with van der Waals surface area (Å²) in [5.74, 6) is -0.106. The van der Waals surface area contributed by atoms with Gasteiger partial charge in [-0.3, -0.25) is 4.79 Å². The van der Waals surface area contributed by atoms with Crippen molar-refractivity contribution in [2.45, 2.75) is 38.5 Å². The lowest BCUT2D eigenvalue weighted by atomic mass is 9.98. The van der Waals surface area contributed by atoms with Crippen LogP contribution in [0.2, 0.25) is 0 Å². The summed E-state index contributed by atoms with van der Waals surface area (Å²) in [5.41, 5.74) is 9.13. The van der Waals surface area contributed by atoms with E-state index in [1.165, 1.54) is 29.7 Å². The zero-order chi connectivity index (χ0) is 16.4. The Morgan fingerprint density at radius 3 is 2.75 bits per heavy atom. The summed E-state index contributed by atoms with van der Waals surface area (Å²) in [6.07, 6.45) is 8.33. The van der Waals surface area contributed by atoms with Crippen LogP contribution in [0.5, 0.6) is 0 Å². The molecule has 0 spiro atoms. The van der Waals surface area contributed by atoms with Crippen LogP contribution in [0, 0.1) is 0 Å². The van der Waals surface area contributed by atoms with Crippen LogP contribution in [-0.4, -0.2) is 16.6 Å². The van der Waals surface area contributed by atoms with E-state index in [0.29, 0.717) is 5.57 Å². The molecule has 2 N–H and O–H groups in total. The van der Waals surface area contributed by atoms with Crippen LogP contribution in [-0.2, 0) is 24.1 Å². The van der Waals surface area contributed by atoms with E-state index in [2.05, 4.69) is 33.7 Å². The largest absolute Gasteiger partial charge is 0.359 e. The number of hydrazone groups is 1. The molecule has 0 saturated carbocycles. The summed E-state index contributed by atoms with van der Waals surface area (Å²) >= 11 is 0. The highest BCUT2D eigenvalue weighted by atomic mass is 16.2. The first-order valence-corrected chi connectivity index (χ1v) is 8.63. The summed E-state index contributed by atoms with van der Waals surface area (Å²) in [7, 11) is 0. The Morgan fingerprint density at radius 2 is 1.92 bits per heavy atom. The first kappa shape index (κ1) is 14.9. The molecule has 0 atom stereocenters. The monoisotopic (exact) mass is 319 g/mol. The number of nitrogens with one attached hydrogen (secondary N) is 2. The number of amides is 1. The fourth-order valence-corrected chi connectivity index (χ4v) is 3.48. The maximum absolute atomic E-state index is 12.1. The van der Waals surface area contributed by atoms with Gasteiger partial charge in [0.05, 0.1) is 11.3 Å². The first-order chi connectivity index (χ1) is 11.8. The number of H-pyrrole nitrogens is 1. The molecular formula is C20H21N3O. The minimum atomic E-state index is -0.106. The number of rotatable bonds is 4. The minimum absolute atomic E-state index is 0.106. The van der Waals surface area contributed by atoms with Gasteiger partial charge >= 0.3 is 0 Å². The summed E-state index contributed by atoms with van der Waals surface area (Å²) in [4.78, 5) is 15.6. The molecule has 0 unspecified atom stereocenters. The van der Waals surface area contributed by atoms with Gasteiger partial charge in [-0.25, -0.2) is 5.43 Å². The Labute approximate surface area is 141 Å². The standard InChI is InChI=1S/C20H21N3O/c24-20-17(13-16-12-15-8-4-5-9-18(15)21-16)19(22-23-20)11-10-14-6-2-1-3-7-14/h1-3,6-7,12-13,21H,4-5,8-11H2,(H,23,24). The van der Waals surface area contributed by atoms with Crippen LogP contribution in [0.4, 0.5) is 0 Å². The third-order valence-electron chi connectivity index (χ3n) is 4.78. The topological polar surface area (TPSA) is 57.2 Å². The van der Waals surface area contributed by atoms with Gasteiger partial charge in [-0.05, 0) is 61.8 Å². The molecule has 1 aromatic heterocycles. The van der Waals surface area contributed by atoms with Crippen LogP contribution in [0.15, 0.2) is 47.1 Å². The number of aromatic amines is 1. The predicted molar refractivity (Wildman–Crippen MR) is 95.8 cm³/mol. The minimum Gasteiger partial charge on any atom is -0.359 e. The number of hydrogen-bond acceptors (Lipinski definition) is 2. The van der Waals surface area contributed by atoms with E-state index in [1.807, 2.05) is 24.3 Å². The number of carbonyl (C=O) groups excluding carboxylic acids is 1. The lowest BCUT2D eigenvalue weighted by molar-refractivity contribution is -0.116. The van der Waals surface area contributed by atoms with E-state index >= 15 is 0 Å². The number of benzene rings is 1. The molecule has 0 fully saturated rings. The van der Waals surface area contributed by atoms with Crippen molar-refractivity contribution in [2.75, 3.05) is 0 Å². The lowest BCUT2D eigenvalue weighted by Gasteiger charge is -2.08. The Bertz CT molecular complexity index is 791. The lowest BCUT2D eigenvalue weighted by Crippen LogP contribution is -2.13. The van der Waals surface area contributed by atoms with Crippen molar-refractivity contribution in [3.8, 4) is 0 Å². The van der Waals surface area contributed by atoms with E-state index < -0.39 is 0 Å². The molecule has 4 rings (SSSR count). The molecule has 1 aliphatic carbocycles. The van der Waals surface area contributed by atoms with Crippen molar-refractivity contribution < 1.29 is 4.79 Å². The van der Waals surface area contributed by atoms with Gasteiger partial charge in [0.25, 0.3) is 5.91 Å². The van der Waals surface area contributed by atoms with E-state index in [0.717, 1.165) is 37.1 Å². The van der Waals surface area contributed by atoms with Crippen LogP contribution in [0.3, 0.4) is 0 Å². The molecular weight excluding hydrogens is 298 g/mol. The molecule has 4 nitrogen and oxygen atoms in total. The van der Waals surface area contributed by atoms with Crippen molar-refractivity contribution in [1.82, 2.24) is 10.4 Å². The van der Waals surface area contributed by atoms with Gasteiger partial charge < -0.3 is 4.98 Å². The van der Waals surface area contributed by atoms with Crippen molar-refractivity contribution in [3.05, 3.63) is 64.5 Å². The van der Waals surface area contributed by atoms with Gasteiger partial charge in [-0.1, -0.05) is 30.3 Å². The van der Waals surface area contributed by atoms with Gasteiger partial charge in [0.2, 0.25) is 0 Å². The van der Waals surface area contributed by atoms with Crippen molar-refractivity contribution >= 4 is 17.7 Å². The second kappa shape index (κ2) is 6.48. The van der Waals surface area contributed by atoms with Crippen LogP contribution < -0.4 is 5.43 Å². The zero-order valence-corrected chi connectivity index (χ0v) is 13.6. The van der Waals surface area contributed by atoms with Gasteiger partial charge in [0.15, 0.2) is 0 Å². The molecule has 0 bridgehead atoms. The summed E-state index contributed by atoms with van der Waals surface area (Å²) in [6, 6.07) is 12.5. The van der Waals surface area contributed by atoms with E-state index in [9.17, 15) is 4.79 Å². The quantitative estimate of drug-likeness (QED) is 0.834. The Balaban J connectivity index is 1.53. The fourth-order valence-electron chi connectivity index (χ4n) is 3.48. The average molecular weight is 319 g/mol. The number of fused-ring (bicyclic) bond motifs is 1. The molecule has 122 valence electrons. The number of nitrogens with zero attached hydrogens (tertiary/aromatic N) is 1. The molecule has 24 heavy (non-hydrogen) atoms. The molecule has 2 aromatic rings. The van der Waals surface area contributed by atoms with E-state index in [4.69, 9.17) is 0 Å². The molecule has 1 amide bonds. The third-order valence-corrected chi connectivity index (χ3v) is 4.78. The average Bonchev–Trinajstić information content (AvgIpc) is 3.18. The number of aromatic nitrogens is 1. The summed E-state index contributed by atoms with van der Waals surface area (Å²) in [6.45, 7) is 0. The molecule has 1 aromatic carbocycles. The number of hydrogen-bond donors (Lipinski definition) is 2.